The highest BCUT2D eigenvalue weighted by molar-refractivity contribution is 6.00. The normalized spacial score (nSPS) is 16.0. The molecule has 0 saturated heterocycles. The largest absolute Gasteiger partial charge is 0.416 e. The molecule has 1 saturated carbocycles. The van der Waals surface area contributed by atoms with Crippen molar-refractivity contribution in [2.75, 3.05) is 19.8 Å². The molecule has 0 radical (unpaired) electrons. The summed E-state index contributed by atoms with van der Waals surface area (Å²) in [5, 5.41) is 17.5. The molecule has 182 valence electrons. The van der Waals surface area contributed by atoms with E-state index in [1.807, 2.05) is 6.20 Å². The first-order chi connectivity index (χ1) is 16.0. The Morgan fingerprint density at radius 2 is 2.06 bits per heavy atom. The van der Waals surface area contributed by atoms with Gasteiger partial charge in [-0.05, 0) is 50.3 Å². The van der Waals surface area contributed by atoms with Crippen molar-refractivity contribution >= 4 is 11.6 Å². The van der Waals surface area contributed by atoms with Gasteiger partial charge in [-0.3, -0.25) is 4.79 Å². The van der Waals surface area contributed by atoms with Gasteiger partial charge >= 0.3 is 6.18 Å². The second-order valence-corrected chi connectivity index (χ2v) is 8.66. The van der Waals surface area contributed by atoms with E-state index in [0.29, 0.717) is 35.0 Å². The monoisotopic (exact) mass is 480 g/mol. The van der Waals surface area contributed by atoms with Gasteiger partial charge in [0.15, 0.2) is 5.65 Å². The van der Waals surface area contributed by atoms with Crippen LogP contribution in [0.4, 0.5) is 17.6 Å². The van der Waals surface area contributed by atoms with Gasteiger partial charge in [0.1, 0.15) is 17.0 Å². The summed E-state index contributed by atoms with van der Waals surface area (Å²) < 4.78 is 59.3. The molecule has 2 N–H and O–H groups in total. The summed E-state index contributed by atoms with van der Waals surface area (Å²) >= 11 is 0. The minimum absolute atomic E-state index is 0.0122. The van der Waals surface area contributed by atoms with Crippen LogP contribution in [0.3, 0.4) is 0 Å². The number of amides is 1. The molecule has 1 aromatic carbocycles. The molecule has 1 aliphatic rings. The van der Waals surface area contributed by atoms with E-state index in [1.54, 1.807) is 17.6 Å². The highest BCUT2D eigenvalue weighted by Gasteiger charge is 2.34. The van der Waals surface area contributed by atoms with Gasteiger partial charge in [-0.15, -0.1) is 0 Å². The maximum absolute atomic E-state index is 14.2. The molecule has 1 aliphatic carbocycles. The number of aliphatic hydroxyl groups is 1. The number of hydrogen-bond donors (Lipinski definition) is 2. The molecule has 1 amide bonds. The molecule has 0 aliphatic heterocycles. The van der Waals surface area contributed by atoms with Crippen LogP contribution in [0, 0.1) is 12.7 Å². The lowest BCUT2D eigenvalue weighted by atomic mass is 9.95. The number of rotatable bonds is 8. The van der Waals surface area contributed by atoms with Crippen molar-refractivity contribution in [1.29, 1.82) is 0 Å². The van der Waals surface area contributed by atoms with Gasteiger partial charge < -0.3 is 15.2 Å². The standard InChI is InChI=1S/C23H24F4N4O3/c1-13-19(20-29-10-15(14-3-4-14)11-31(20)30-13)21(32)28-7-8-34-12-22(2,33)17-6-5-16(9-18(17)24)23(25,26)27/h5-6,9-11,14,33H,3-4,7-8,12H2,1-2H3,(H,28,32)/t22-/m1/s1. The predicted octanol–water partition coefficient (Wildman–Crippen LogP) is 3.73. The number of carbonyl (C=O) groups is 1. The van der Waals surface area contributed by atoms with Crippen LogP contribution >= 0.6 is 0 Å². The molecular formula is C23H24F4N4O3. The Bertz CT molecular complexity index is 1220. The fraction of sp³-hybridized carbons (Fsp3) is 0.435. The summed E-state index contributed by atoms with van der Waals surface area (Å²) in [7, 11) is 0. The number of nitrogens with zero attached hydrogens (tertiary/aromatic N) is 3. The third kappa shape index (κ3) is 5.05. The Labute approximate surface area is 192 Å². The average molecular weight is 480 g/mol. The van der Waals surface area contributed by atoms with Gasteiger partial charge in [-0.1, -0.05) is 6.07 Å². The highest BCUT2D eigenvalue weighted by Crippen LogP contribution is 2.39. The average Bonchev–Trinajstić information content (AvgIpc) is 3.54. The number of aryl methyl sites for hydroxylation is 1. The molecule has 2 heterocycles. The molecule has 2 aromatic heterocycles. The summed E-state index contributed by atoms with van der Waals surface area (Å²) in [4.78, 5) is 17.1. The van der Waals surface area contributed by atoms with E-state index in [4.69, 9.17) is 4.74 Å². The number of aromatic nitrogens is 3. The summed E-state index contributed by atoms with van der Waals surface area (Å²) in [6.07, 6.45) is 1.21. The lowest BCUT2D eigenvalue weighted by molar-refractivity contribution is -0.137. The number of hydrogen-bond acceptors (Lipinski definition) is 5. The Morgan fingerprint density at radius 3 is 2.71 bits per heavy atom. The first-order valence-corrected chi connectivity index (χ1v) is 10.8. The van der Waals surface area contributed by atoms with E-state index in [0.717, 1.165) is 24.5 Å². The molecule has 0 bridgehead atoms. The van der Waals surface area contributed by atoms with E-state index < -0.39 is 23.2 Å². The summed E-state index contributed by atoms with van der Waals surface area (Å²) in [5.41, 5.74) is -0.910. The van der Waals surface area contributed by atoms with Crippen molar-refractivity contribution in [3.05, 3.63) is 64.4 Å². The highest BCUT2D eigenvalue weighted by atomic mass is 19.4. The van der Waals surface area contributed by atoms with Crippen LogP contribution in [-0.2, 0) is 16.5 Å². The first kappa shape index (κ1) is 24.1. The van der Waals surface area contributed by atoms with Gasteiger partial charge in [-0.25, -0.2) is 13.9 Å². The minimum Gasteiger partial charge on any atom is -0.383 e. The molecule has 0 unspecified atom stereocenters. The molecule has 3 aromatic rings. The Hall–Kier alpha value is -3.05. The lowest BCUT2D eigenvalue weighted by Crippen LogP contribution is -2.32. The smallest absolute Gasteiger partial charge is 0.383 e. The van der Waals surface area contributed by atoms with Crippen LogP contribution in [0.25, 0.3) is 5.65 Å². The van der Waals surface area contributed by atoms with Crippen LogP contribution in [0.1, 0.15) is 58.4 Å². The second-order valence-electron chi connectivity index (χ2n) is 8.66. The number of benzene rings is 1. The fourth-order valence-electron chi connectivity index (χ4n) is 3.75. The molecule has 34 heavy (non-hydrogen) atoms. The molecular weight excluding hydrogens is 456 g/mol. The van der Waals surface area contributed by atoms with Crippen LogP contribution in [0.2, 0.25) is 0 Å². The predicted molar refractivity (Wildman–Crippen MR) is 114 cm³/mol. The maximum Gasteiger partial charge on any atom is 0.416 e. The maximum atomic E-state index is 14.2. The topological polar surface area (TPSA) is 88.8 Å². The van der Waals surface area contributed by atoms with Crippen LogP contribution in [0.5, 0.6) is 0 Å². The number of nitrogens with one attached hydrogen (secondary N) is 1. The third-order valence-electron chi connectivity index (χ3n) is 5.73. The molecule has 1 fully saturated rings. The Balaban J connectivity index is 1.31. The first-order valence-electron chi connectivity index (χ1n) is 10.8. The van der Waals surface area contributed by atoms with E-state index in [2.05, 4.69) is 15.4 Å². The van der Waals surface area contributed by atoms with E-state index in [9.17, 15) is 27.5 Å². The molecule has 11 heteroatoms. The van der Waals surface area contributed by atoms with Crippen molar-refractivity contribution in [1.82, 2.24) is 19.9 Å². The lowest BCUT2D eigenvalue weighted by Gasteiger charge is -2.24. The SMILES string of the molecule is Cc1nn2cc(C3CC3)cnc2c1C(=O)NCCOC[C@@](C)(O)c1ccc(C(F)(F)F)cc1F. The summed E-state index contributed by atoms with van der Waals surface area (Å²) in [6.45, 7) is 2.64. The van der Waals surface area contributed by atoms with Gasteiger partial charge in [0.2, 0.25) is 0 Å². The van der Waals surface area contributed by atoms with E-state index in [1.165, 1.54) is 6.92 Å². The van der Waals surface area contributed by atoms with Gasteiger partial charge in [0.25, 0.3) is 5.91 Å². The van der Waals surface area contributed by atoms with Crippen LogP contribution in [0.15, 0.2) is 30.6 Å². The Kier molecular flexibility index (Phi) is 6.34. The molecule has 4 rings (SSSR count). The zero-order chi connectivity index (χ0) is 24.7. The number of carbonyl (C=O) groups excluding carboxylic acids is 1. The van der Waals surface area contributed by atoms with Gasteiger partial charge in [-0.2, -0.15) is 18.3 Å². The molecule has 0 spiro atoms. The number of alkyl halides is 3. The van der Waals surface area contributed by atoms with E-state index in [-0.39, 0.29) is 31.2 Å². The van der Waals surface area contributed by atoms with Crippen molar-refractivity contribution in [3.63, 3.8) is 0 Å². The van der Waals surface area contributed by atoms with Crippen molar-refractivity contribution < 1.29 is 32.2 Å². The number of fused-ring (bicyclic) bond motifs is 1. The molecule has 1 atom stereocenters. The van der Waals surface area contributed by atoms with Crippen LogP contribution in [-0.4, -0.2) is 45.4 Å². The Morgan fingerprint density at radius 1 is 1.32 bits per heavy atom. The second kappa shape index (κ2) is 8.95. The zero-order valence-electron chi connectivity index (χ0n) is 18.6. The number of ether oxygens (including phenoxy) is 1. The van der Waals surface area contributed by atoms with Crippen molar-refractivity contribution in [2.24, 2.45) is 0 Å². The fourth-order valence-corrected chi connectivity index (χ4v) is 3.75. The molecule has 7 nitrogen and oxygen atoms in total. The van der Waals surface area contributed by atoms with Gasteiger partial charge in [0, 0.05) is 24.5 Å². The minimum atomic E-state index is -4.69. The van der Waals surface area contributed by atoms with Gasteiger partial charge in [0.05, 0.1) is 24.5 Å². The summed E-state index contributed by atoms with van der Waals surface area (Å²) in [5.74, 6) is -1.06. The third-order valence-corrected chi connectivity index (χ3v) is 5.73. The number of halogens is 4. The van der Waals surface area contributed by atoms with Crippen molar-refractivity contribution in [3.8, 4) is 0 Å². The van der Waals surface area contributed by atoms with E-state index >= 15 is 0 Å². The van der Waals surface area contributed by atoms with Crippen LogP contribution < -0.4 is 5.32 Å². The van der Waals surface area contributed by atoms with Crippen molar-refractivity contribution in [2.45, 2.75) is 44.4 Å². The quantitative estimate of drug-likeness (QED) is 0.379. The summed E-state index contributed by atoms with van der Waals surface area (Å²) in [6, 6.07) is 1.93. The zero-order valence-corrected chi connectivity index (χ0v) is 18.6.